The van der Waals surface area contributed by atoms with Crippen LogP contribution in [0, 0.1) is 13.8 Å². The number of amides is 1. The average Bonchev–Trinajstić information content (AvgIpc) is 3.01. The average molecular weight is 430 g/mol. The number of thioether (sulfide) groups is 1. The molecule has 0 aromatic heterocycles. The molecule has 1 amide bonds. The second kappa shape index (κ2) is 9.80. The second-order valence-corrected chi connectivity index (χ2v) is 8.28. The highest BCUT2D eigenvalue weighted by atomic mass is 32.2. The van der Waals surface area contributed by atoms with E-state index in [2.05, 4.69) is 25.2 Å². The number of benzene rings is 2. The molecule has 5 nitrogen and oxygen atoms in total. The standard InChI is InChI=1S/C22H23NO4S2/c1-14-5-7-17(11-15(14)2)26-9-4-10-27-18-8-6-16(12-19(18)25-3)13-20-21(24)23-22(28)29-20/h5-8,11-13H,4,9-10H2,1-3H3,(H,23,24,28)/b20-13+. The van der Waals surface area contributed by atoms with Gasteiger partial charge in [0.05, 0.1) is 25.2 Å². The third-order valence-corrected chi connectivity index (χ3v) is 5.58. The van der Waals surface area contributed by atoms with E-state index in [1.807, 2.05) is 30.3 Å². The normalized spacial score (nSPS) is 14.8. The first-order valence-electron chi connectivity index (χ1n) is 9.22. The van der Waals surface area contributed by atoms with Crippen molar-refractivity contribution in [3.63, 3.8) is 0 Å². The number of aryl methyl sites for hydroxylation is 2. The molecule has 2 aromatic carbocycles. The van der Waals surface area contributed by atoms with Crippen molar-refractivity contribution in [1.82, 2.24) is 5.32 Å². The Morgan fingerprint density at radius 3 is 2.52 bits per heavy atom. The van der Waals surface area contributed by atoms with Crippen molar-refractivity contribution in [2.75, 3.05) is 20.3 Å². The minimum atomic E-state index is -0.178. The van der Waals surface area contributed by atoms with Gasteiger partial charge < -0.3 is 19.5 Å². The number of hydrogen-bond acceptors (Lipinski definition) is 6. The number of nitrogens with one attached hydrogen (secondary N) is 1. The lowest BCUT2D eigenvalue weighted by Gasteiger charge is -2.12. The molecule has 1 saturated heterocycles. The van der Waals surface area contributed by atoms with Gasteiger partial charge in [-0.3, -0.25) is 4.79 Å². The number of thiocarbonyl (C=S) groups is 1. The van der Waals surface area contributed by atoms with Crippen molar-refractivity contribution in [3.8, 4) is 17.2 Å². The first-order valence-corrected chi connectivity index (χ1v) is 10.4. The number of ether oxygens (including phenoxy) is 3. The van der Waals surface area contributed by atoms with Gasteiger partial charge in [0.15, 0.2) is 11.5 Å². The van der Waals surface area contributed by atoms with Crippen LogP contribution in [0.1, 0.15) is 23.1 Å². The number of methoxy groups -OCH3 is 1. The Bertz CT molecular complexity index is 956. The van der Waals surface area contributed by atoms with E-state index in [4.69, 9.17) is 26.4 Å². The molecule has 0 radical (unpaired) electrons. The molecule has 29 heavy (non-hydrogen) atoms. The summed E-state index contributed by atoms with van der Waals surface area (Å²) in [6.07, 6.45) is 2.53. The first kappa shape index (κ1) is 21.2. The van der Waals surface area contributed by atoms with E-state index in [9.17, 15) is 4.79 Å². The summed E-state index contributed by atoms with van der Waals surface area (Å²) >= 11 is 6.26. The summed E-state index contributed by atoms with van der Waals surface area (Å²) < 4.78 is 17.5. The monoisotopic (exact) mass is 429 g/mol. The number of hydrogen-bond donors (Lipinski definition) is 1. The van der Waals surface area contributed by atoms with Gasteiger partial charge in [-0.2, -0.15) is 0 Å². The van der Waals surface area contributed by atoms with Crippen LogP contribution in [0.2, 0.25) is 0 Å². The highest BCUT2D eigenvalue weighted by Crippen LogP contribution is 2.31. The second-order valence-electron chi connectivity index (χ2n) is 6.56. The van der Waals surface area contributed by atoms with Crippen LogP contribution in [0.4, 0.5) is 0 Å². The summed E-state index contributed by atoms with van der Waals surface area (Å²) in [5, 5.41) is 2.60. The lowest BCUT2D eigenvalue weighted by atomic mass is 10.1. The van der Waals surface area contributed by atoms with Gasteiger partial charge in [-0.15, -0.1) is 0 Å². The smallest absolute Gasteiger partial charge is 0.263 e. The van der Waals surface area contributed by atoms with E-state index >= 15 is 0 Å². The quantitative estimate of drug-likeness (QED) is 0.375. The Morgan fingerprint density at radius 2 is 1.83 bits per heavy atom. The Hall–Kier alpha value is -2.51. The van der Waals surface area contributed by atoms with Crippen LogP contribution in [-0.4, -0.2) is 30.6 Å². The topological polar surface area (TPSA) is 56.8 Å². The van der Waals surface area contributed by atoms with Crippen LogP contribution in [0.25, 0.3) is 6.08 Å². The fourth-order valence-corrected chi connectivity index (χ4v) is 3.74. The number of carbonyl (C=O) groups is 1. The largest absolute Gasteiger partial charge is 0.493 e. The molecule has 1 fully saturated rings. The lowest BCUT2D eigenvalue weighted by molar-refractivity contribution is -0.115. The molecule has 0 unspecified atom stereocenters. The summed E-state index contributed by atoms with van der Waals surface area (Å²) in [7, 11) is 1.59. The van der Waals surface area contributed by atoms with Gasteiger partial charge in [-0.05, 0) is 60.9 Å². The maximum atomic E-state index is 11.8. The van der Waals surface area contributed by atoms with Gasteiger partial charge in [0.2, 0.25) is 0 Å². The molecule has 0 bridgehead atoms. The van der Waals surface area contributed by atoms with Crippen molar-refractivity contribution in [1.29, 1.82) is 0 Å². The van der Waals surface area contributed by atoms with Gasteiger partial charge in [-0.1, -0.05) is 36.1 Å². The van der Waals surface area contributed by atoms with Crippen LogP contribution in [-0.2, 0) is 4.79 Å². The minimum absolute atomic E-state index is 0.178. The fourth-order valence-electron chi connectivity index (χ4n) is 2.70. The SMILES string of the molecule is COc1cc(/C=C2/SC(=S)NC2=O)ccc1OCCCOc1ccc(C)c(C)c1. The van der Waals surface area contributed by atoms with Crippen LogP contribution < -0.4 is 19.5 Å². The molecule has 0 saturated carbocycles. The zero-order valence-corrected chi connectivity index (χ0v) is 18.2. The molecule has 1 aliphatic rings. The summed E-state index contributed by atoms with van der Waals surface area (Å²) in [5.74, 6) is 1.96. The van der Waals surface area contributed by atoms with Crippen LogP contribution in [0.3, 0.4) is 0 Å². The Balaban J connectivity index is 1.53. The number of carbonyl (C=O) groups excluding carboxylic acids is 1. The molecule has 3 rings (SSSR count). The molecule has 0 spiro atoms. The lowest BCUT2D eigenvalue weighted by Crippen LogP contribution is -2.17. The number of rotatable bonds is 8. The van der Waals surface area contributed by atoms with Crippen molar-refractivity contribution in [2.45, 2.75) is 20.3 Å². The minimum Gasteiger partial charge on any atom is -0.493 e. The maximum Gasteiger partial charge on any atom is 0.263 e. The molecule has 2 aromatic rings. The van der Waals surface area contributed by atoms with Gasteiger partial charge >= 0.3 is 0 Å². The van der Waals surface area contributed by atoms with E-state index in [1.54, 1.807) is 13.2 Å². The van der Waals surface area contributed by atoms with E-state index in [1.165, 1.54) is 22.9 Å². The van der Waals surface area contributed by atoms with E-state index in [0.717, 1.165) is 17.7 Å². The highest BCUT2D eigenvalue weighted by Gasteiger charge is 2.22. The Kier molecular flexibility index (Phi) is 7.17. The Morgan fingerprint density at radius 1 is 1.03 bits per heavy atom. The molecule has 152 valence electrons. The van der Waals surface area contributed by atoms with Crippen LogP contribution >= 0.6 is 24.0 Å². The van der Waals surface area contributed by atoms with Crippen molar-refractivity contribution >= 4 is 40.3 Å². The fraction of sp³-hybridized carbons (Fsp3) is 0.273. The van der Waals surface area contributed by atoms with Gasteiger partial charge in [0, 0.05) is 6.42 Å². The van der Waals surface area contributed by atoms with E-state index < -0.39 is 0 Å². The van der Waals surface area contributed by atoms with Crippen LogP contribution in [0.5, 0.6) is 17.2 Å². The molecular formula is C22H23NO4S2. The third kappa shape index (κ3) is 5.74. The molecule has 7 heteroatoms. The summed E-state index contributed by atoms with van der Waals surface area (Å²) in [6.45, 7) is 5.23. The van der Waals surface area contributed by atoms with E-state index in [-0.39, 0.29) is 5.91 Å². The van der Waals surface area contributed by atoms with E-state index in [0.29, 0.717) is 33.9 Å². The van der Waals surface area contributed by atoms with Crippen molar-refractivity contribution in [2.24, 2.45) is 0 Å². The molecule has 0 atom stereocenters. The molecule has 1 N–H and O–H groups in total. The summed E-state index contributed by atoms with van der Waals surface area (Å²) in [6, 6.07) is 11.6. The molecule has 1 heterocycles. The first-order chi connectivity index (χ1) is 14.0. The van der Waals surface area contributed by atoms with Crippen LogP contribution in [0.15, 0.2) is 41.3 Å². The van der Waals surface area contributed by atoms with Gasteiger partial charge in [0.25, 0.3) is 5.91 Å². The third-order valence-electron chi connectivity index (χ3n) is 4.42. The van der Waals surface area contributed by atoms with Gasteiger partial charge in [0.1, 0.15) is 10.1 Å². The van der Waals surface area contributed by atoms with Crippen molar-refractivity contribution < 1.29 is 19.0 Å². The molecule has 0 aliphatic carbocycles. The maximum absolute atomic E-state index is 11.8. The zero-order chi connectivity index (χ0) is 20.8. The summed E-state index contributed by atoms with van der Waals surface area (Å²) in [4.78, 5) is 12.4. The predicted octanol–water partition coefficient (Wildman–Crippen LogP) is 4.65. The summed E-state index contributed by atoms with van der Waals surface area (Å²) in [5.41, 5.74) is 3.31. The van der Waals surface area contributed by atoms with Gasteiger partial charge in [-0.25, -0.2) is 0 Å². The zero-order valence-electron chi connectivity index (χ0n) is 16.6. The molecular weight excluding hydrogens is 406 g/mol. The Labute approximate surface area is 180 Å². The van der Waals surface area contributed by atoms with Crippen molar-refractivity contribution in [3.05, 3.63) is 58.0 Å². The molecule has 1 aliphatic heterocycles. The predicted molar refractivity (Wildman–Crippen MR) is 121 cm³/mol. The highest BCUT2D eigenvalue weighted by molar-refractivity contribution is 8.26.